The zero-order valence-corrected chi connectivity index (χ0v) is 29.8. The molecule has 2 heterocycles. The Bertz CT molecular complexity index is 3220. The van der Waals surface area contributed by atoms with Crippen molar-refractivity contribution in [2.45, 2.75) is 0 Å². The standard InChI is InChI=1S/C52H33NO2/c1-2-13-35(14-3-1)42-28-26-38(37-25-24-34-12-4-5-15-36(34)30-37)32-47(42)53(41-27-29-45-44-18-6-8-21-48(44)55-51(45)33-41)40-17-10-16-39(31-40)43-20-11-23-50-52(43)46-19-7-9-22-49(46)54-50/h1-33H. The summed E-state index contributed by atoms with van der Waals surface area (Å²) in [4.78, 5) is 2.39. The molecule has 0 unspecified atom stereocenters. The number of benzene rings is 9. The van der Waals surface area contributed by atoms with Crippen LogP contribution in [0.5, 0.6) is 0 Å². The molecule has 0 fully saturated rings. The van der Waals surface area contributed by atoms with E-state index in [1.165, 1.54) is 16.3 Å². The maximum Gasteiger partial charge on any atom is 0.137 e. The van der Waals surface area contributed by atoms with Crippen molar-refractivity contribution in [2.24, 2.45) is 0 Å². The number of hydrogen-bond acceptors (Lipinski definition) is 3. The second-order valence-corrected chi connectivity index (χ2v) is 14.1. The molecule has 9 aromatic carbocycles. The van der Waals surface area contributed by atoms with Crippen LogP contribution in [0, 0.1) is 0 Å². The van der Waals surface area contributed by atoms with Crippen molar-refractivity contribution in [2.75, 3.05) is 4.90 Å². The van der Waals surface area contributed by atoms with Crippen LogP contribution in [0.3, 0.4) is 0 Å². The molecule has 3 heteroatoms. The molecule has 55 heavy (non-hydrogen) atoms. The van der Waals surface area contributed by atoms with Gasteiger partial charge >= 0.3 is 0 Å². The zero-order chi connectivity index (χ0) is 36.3. The number of para-hydroxylation sites is 2. The van der Waals surface area contributed by atoms with Crippen molar-refractivity contribution in [1.82, 2.24) is 0 Å². The number of hydrogen-bond donors (Lipinski definition) is 0. The molecular formula is C52H33NO2. The van der Waals surface area contributed by atoms with Gasteiger partial charge in [-0.3, -0.25) is 0 Å². The van der Waals surface area contributed by atoms with Gasteiger partial charge in [0.05, 0.1) is 5.69 Å². The second kappa shape index (κ2) is 12.6. The third-order valence-corrected chi connectivity index (χ3v) is 10.8. The quantitative estimate of drug-likeness (QED) is 0.173. The Hall–Kier alpha value is -7.36. The van der Waals surface area contributed by atoms with Gasteiger partial charge in [0.25, 0.3) is 0 Å². The molecule has 0 saturated carbocycles. The largest absolute Gasteiger partial charge is 0.456 e. The molecule has 0 radical (unpaired) electrons. The third kappa shape index (κ3) is 5.28. The first-order valence-corrected chi connectivity index (χ1v) is 18.7. The van der Waals surface area contributed by atoms with E-state index in [2.05, 4.69) is 181 Å². The van der Waals surface area contributed by atoms with Crippen LogP contribution in [0.4, 0.5) is 17.1 Å². The van der Waals surface area contributed by atoms with E-state index in [0.717, 1.165) is 88.8 Å². The van der Waals surface area contributed by atoms with Gasteiger partial charge in [-0.15, -0.1) is 0 Å². The van der Waals surface area contributed by atoms with E-state index in [0.29, 0.717) is 0 Å². The van der Waals surface area contributed by atoms with Gasteiger partial charge in [0, 0.05) is 44.5 Å². The van der Waals surface area contributed by atoms with E-state index in [4.69, 9.17) is 8.83 Å². The van der Waals surface area contributed by atoms with Gasteiger partial charge in [-0.1, -0.05) is 140 Å². The average molecular weight is 704 g/mol. The molecule has 0 N–H and O–H groups in total. The minimum absolute atomic E-state index is 0.849. The Morgan fingerprint density at radius 3 is 1.84 bits per heavy atom. The number of anilines is 3. The van der Waals surface area contributed by atoms with Gasteiger partial charge in [-0.2, -0.15) is 0 Å². The van der Waals surface area contributed by atoms with E-state index < -0.39 is 0 Å². The predicted octanol–water partition coefficient (Wildman–Crippen LogP) is 15.1. The lowest BCUT2D eigenvalue weighted by atomic mass is 9.95. The molecule has 0 aliphatic heterocycles. The van der Waals surface area contributed by atoms with Crippen molar-refractivity contribution >= 4 is 71.7 Å². The first kappa shape index (κ1) is 31.2. The number of fused-ring (bicyclic) bond motifs is 7. The monoisotopic (exact) mass is 703 g/mol. The number of nitrogens with zero attached hydrogens (tertiary/aromatic N) is 1. The fraction of sp³-hybridized carbons (Fsp3) is 0. The van der Waals surface area contributed by atoms with Gasteiger partial charge in [-0.05, 0) is 93.2 Å². The lowest BCUT2D eigenvalue weighted by Crippen LogP contribution is -2.11. The van der Waals surface area contributed by atoms with E-state index in [-0.39, 0.29) is 0 Å². The molecule has 2 aromatic heterocycles. The first-order chi connectivity index (χ1) is 27.2. The normalized spacial score (nSPS) is 11.6. The third-order valence-electron chi connectivity index (χ3n) is 10.8. The number of furan rings is 2. The SMILES string of the molecule is c1ccc(-c2ccc(-c3ccc4ccccc4c3)cc2N(c2cccc(-c3cccc4oc5ccccc5c34)c2)c2ccc3c(c2)oc2ccccc23)cc1. The first-order valence-electron chi connectivity index (χ1n) is 18.7. The van der Waals surface area contributed by atoms with Crippen LogP contribution in [0.2, 0.25) is 0 Å². The smallest absolute Gasteiger partial charge is 0.137 e. The van der Waals surface area contributed by atoms with Gasteiger partial charge in [0.15, 0.2) is 0 Å². The second-order valence-electron chi connectivity index (χ2n) is 14.1. The lowest BCUT2D eigenvalue weighted by molar-refractivity contribution is 0.668. The lowest BCUT2D eigenvalue weighted by Gasteiger charge is -2.29. The summed E-state index contributed by atoms with van der Waals surface area (Å²) in [6.07, 6.45) is 0. The predicted molar refractivity (Wildman–Crippen MR) is 229 cm³/mol. The molecule has 258 valence electrons. The van der Waals surface area contributed by atoms with Gasteiger partial charge in [0.2, 0.25) is 0 Å². The Morgan fingerprint density at radius 1 is 0.309 bits per heavy atom. The molecule has 0 amide bonds. The molecule has 11 rings (SSSR count). The molecule has 0 aliphatic carbocycles. The zero-order valence-electron chi connectivity index (χ0n) is 29.8. The molecule has 0 atom stereocenters. The van der Waals surface area contributed by atoms with Gasteiger partial charge < -0.3 is 13.7 Å². The highest BCUT2D eigenvalue weighted by Crippen LogP contribution is 2.46. The molecule has 3 nitrogen and oxygen atoms in total. The van der Waals surface area contributed by atoms with Crippen LogP contribution in [0.15, 0.2) is 209 Å². The summed E-state index contributed by atoms with van der Waals surface area (Å²) in [5, 5.41) is 6.88. The van der Waals surface area contributed by atoms with Crippen molar-refractivity contribution in [3.05, 3.63) is 200 Å². The van der Waals surface area contributed by atoms with Crippen molar-refractivity contribution < 1.29 is 8.83 Å². The average Bonchev–Trinajstić information content (AvgIpc) is 3.82. The fourth-order valence-electron chi connectivity index (χ4n) is 8.24. The van der Waals surface area contributed by atoms with Crippen molar-refractivity contribution in [1.29, 1.82) is 0 Å². The summed E-state index contributed by atoms with van der Waals surface area (Å²) < 4.78 is 12.8. The summed E-state index contributed by atoms with van der Waals surface area (Å²) in [6.45, 7) is 0. The minimum Gasteiger partial charge on any atom is -0.456 e. The van der Waals surface area contributed by atoms with Gasteiger partial charge in [0.1, 0.15) is 22.3 Å². The molecular weight excluding hydrogens is 671 g/mol. The van der Waals surface area contributed by atoms with E-state index >= 15 is 0 Å². The Morgan fingerprint density at radius 2 is 0.945 bits per heavy atom. The maximum absolute atomic E-state index is 6.50. The summed E-state index contributed by atoms with van der Waals surface area (Å²) in [6, 6.07) is 71.2. The highest BCUT2D eigenvalue weighted by atomic mass is 16.3. The van der Waals surface area contributed by atoms with Crippen LogP contribution in [0.1, 0.15) is 0 Å². The Labute approximate surface area is 317 Å². The van der Waals surface area contributed by atoms with Gasteiger partial charge in [-0.25, -0.2) is 0 Å². The molecule has 0 bridgehead atoms. The molecule has 11 aromatic rings. The molecule has 0 spiro atoms. The minimum atomic E-state index is 0.849. The molecule has 0 saturated heterocycles. The van der Waals surface area contributed by atoms with Crippen LogP contribution in [-0.2, 0) is 0 Å². The molecule has 0 aliphatic rings. The van der Waals surface area contributed by atoms with E-state index in [1.807, 2.05) is 24.3 Å². The highest BCUT2D eigenvalue weighted by molar-refractivity contribution is 6.13. The van der Waals surface area contributed by atoms with Crippen molar-refractivity contribution in [3.63, 3.8) is 0 Å². The van der Waals surface area contributed by atoms with Crippen molar-refractivity contribution in [3.8, 4) is 33.4 Å². The number of rotatable bonds is 6. The summed E-state index contributed by atoms with van der Waals surface area (Å²) in [5.74, 6) is 0. The van der Waals surface area contributed by atoms with Crippen LogP contribution >= 0.6 is 0 Å². The maximum atomic E-state index is 6.50. The topological polar surface area (TPSA) is 29.5 Å². The Balaban J connectivity index is 1.17. The fourth-order valence-corrected chi connectivity index (χ4v) is 8.24. The highest BCUT2D eigenvalue weighted by Gasteiger charge is 2.21. The summed E-state index contributed by atoms with van der Waals surface area (Å²) in [7, 11) is 0. The van der Waals surface area contributed by atoms with E-state index in [9.17, 15) is 0 Å². The summed E-state index contributed by atoms with van der Waals surface area (Å²) >= 11 is 0. The Kier molecular flexibility index (Phi) is 7.17. The van der Waals surface area contributed by atoms with Crippen LogP contribution < -0.4 is 4.90 Å². The van der Waals surface area contributed by atoms with Crippen LogP contribution in [0.25, 0.3) is 88.0 Å². The van der Waals surface area contributed by atoms with Crippen LogP contribution in [-0.4, -0.2) is 0 Å². The summed E-state index contributed by atoms with van der Waals surface area (Å²) in [5.41, 5.74) is 13.4. The van der Waals surface area contributed by atoms with E-state index in [1.54, 1.807) is 0 Å².